The maximum atomic E-state index is 13.1. The van der Waals surface area contributed by atoms with Crippen molar-refractivity contribution >= 4 is 50.6 Å². The number of aryl methyl sites for hydroxylation is 2. The minimum atomic E-state index is -5.27. The molecule has 3 heterocycles. The van der Waals surface area contributed by atoms with Crippen molar-refractivity contribution in [2.45, 2.75) is 44.5 Å². The van der Waals surface area contributed by atoms with Crippen LogP contribution in [0.5, 0.6) is 5.75 Å². The van der Waals surface area contributed by atoms with Crippen molar-refractivity contribution < 1.29 is 51.0 Å². The molecular formula is C25H31N9O10S2. The van der Waals surface area contributed by atoms with E-state index in [1.807, 2.05) is 28.8 Å². The van der Waals surface area contributed by atoms with E-state index in [0.717, 1.165) is 24.1 Å². The molecular weight excluding hydrogens is 650 g/mol. The highest BCUT2D eigenvalue weighted by Crippen LogP contribution is 2.33. The Bertz CT molecular complexity index is 1740. The summed E-state index contributed by atoms with van der Waals surface area (Å²) in [6.07, 6.45) is 3.07. The highest BCUT2D eigenvalue weighted by molar-refractivity contribution is 7.80. The Labute approximate surface area is 266 Å². The van der Waals surface area contributed by atoms with Gasteiger partial charge in [0.2, 0.25) is 28.1 Å². The van der Waals surface area contributed by atoms with E-state index in [2.05, 4.69) is 24.1 Å². The number of nitrogens with one attached hydrogen (secondary N) is 1. The van der Waals surface area contributed by atoms with Gasteiger partial charge in [0.05, 0.1) is 23.8 Å². The van der Waals surface area contributed by atoms with Gasteiger partial charge in [0.15, 0.2) is 12.2 Å². The van der Waals surface area contributed by atoms with Crippen molar-refractivity contribution in [2.24, 2.45) is 17.9 Å². The summed E-state index contributed by atoms with van der Waals surface area (Å²) in [5.74, 6) is -3.63. The monoisotopic (exact) mass is 681 g/mol. The number of hydroxylamine groups is 2. The number of nitrogens with two attached hydrogens (primary N) is 2. The number of hydrogen-bond donors (Lipinski definition) is 4. The van der Waals surface area contributed by atoms with E-state index in [4.69, 9.17) is 21.0 Å². The molecule has 19 nitrogen and oxygen atoms in total. The van der Waals surface area contributed by atoms with Crippen LogP contribution in [0, 0.1) is 0 Å². The van der Waals surface area contributed by atoms with Crippen LogP contribution in [0.25, 0.3) is 11.1 Å². The Morgan fingerprint density at radius 1 is 1.28 bits per heavy atom. The fourth-order valence-electron chi connectivity index (χ4n) is 4.30. The normalized spacial score (nSPS) is 16.9. The predicted molar refractivity (Wildman–Crippen MR) is 157 cm³/mol. The number of β-lactam (4-membered cyclic amide) rings is 1. The van der Waals surface area contributed by atoms with E-state index in [-0.39, 0.29) is 11.0 Å². The van der Waals surface area contributed by atoms with E-state index in [9.17, 15) is 32.5 Å². The van der Waals surface area contributed by atoms with Crippen LogP contribution in [0.15, 0.2) is 41.8 Å². The van der Waals surface area contributed by atoms with Crippen molar-refractivity contribution in [1.29, 1.82) is 0 Å². The molecule has 1 saturated heterocycles. The summed E-state index contributed by atoms with van der Waals surface area (Å²) >= 11 is 0.704. The number of rotatable bonds is 15. The third-order valence-electron chi connectivity index (χ3n) is 6.73. The Morgan fingerprint density at radius 3 is 2.54 bits per heavy atom. The Balaban J connectivity index is 1.44. The lowest BCUT2D eigenvalue weighted by Crippen LogP contribution is -2.76. The second kappa shape index (κ2) is 13.7. The topological polar surface area (TPSA) is 271 Å². The van der Waals surface area contributed by atoms with Crippen molar-refractivity contribution in [1.82, 2.24) is 24.4 Å². The lowest BCUT2D eigenvalue weighted by atomic mass is 9.84. The first-order valence-corrected chi connectivity index (χ1v) is 15.6. The van der Waals surface area contributed by atoms with Crippen LogP contribution >= 0.6 is 11.5 Å². The van der Waals surface area contributed by atoms with Gasteiger partial charge in [-0.2, -0.15) is 23.4 Å². The van der Waals surface area contributed by atoms with Gasteiger partial charge in [-0.25, -0.2) is 13.2 Å². The molecule has 2 aromatic heterocycles. The summed E-state index contributed by atoms with van der Waals surface area (Å²) in [6.45, 7) is 3.46. The number of carboxylic acid groups (broad SMARTS) is 1. The van der Waals surface area contributed by atoms with Crippen LogP contribution in [0.4, 0.5) is 5.13 Å². The Kier molecular flexibility index (Phi) is 10.2. The van der Waals surface area contributed by atoms with Gasteiger partial charge in [-0.15, -0.1) is 4.68 Å². The van der Waals surface area contributed by atoms with Crippen LogP contribution < -0.4 is 26.2 Å². The van der Waals surface area contributed by atoms with E-state index < -0.39 is 58.2 Å². The van der Waals surface area contributed by atoms with E-state index in [1.165, 1.54) is 13.8 Å². The van der Waals surface area contributed by atoms with Gasteiger partial charge >= 0.3 is 5.97 Å². The molecule has 0 spiro atoms. The van der Waals surface area contributed by atoms with Crippen molar-refractivity contribution in [3.8, 4) is 16.9 Å². The van der Waals surface area contributed by atoms with Gasteiger partial charge in [0.1, 0.15) is 18.4 Å². The van der Waals surface area contributed by atoms with Gasteiger partial charge in [-0.05, 0) is 44.5 Å². The average Bonchev–Trinajstić information content (AvgIpc) is 3.59. The van der Waals surface area contributed by atoms with E-state index in [1.54, 1.807) is 24.3 Å². The Hall–Kier alpha value is -4.70. The van der Waals surface area contributed by atoms with Gasteiger partial charge in [0.25, 0.3) is 17.9 Å². The molecule has 21 heteroatoms. The largest absolute Gasteiger partial charge is 0.724 e. The number of carboxylic acids is 1. The first-order valence-electron chi connectivity index (χ1n) is 13.5. The lowest BCUT2D eigenvalue weighted by Gasteiger charge is -2.51. The molecule has 0 radical (unpaired) electrons. The molecule has 0 saturated carbocycles. The zero-order valence-electron chi connectivity index (χ0n) is 24.7. The number of aliphatic carboxylic acids is 1. The molecule has 1 aromatic carbocycles. The van der Waals surface area contributed by atoms with E-state index >= 15 is 0 Å². The summed E-state index contributed by atoms with van der Waals surface area (Å²) in [6, 6.07) is 5.53. The number of oxime groups is 1. The summed E-state index contributed by atoms with van der Waals surface area (Å²) in [7, 11) is -3.36. The first kappa shape index (κ1) is 34.2. The number of ether oxygens (including phenoxy) is 1. The number of hydrogen-bond acceptors (Lipinski definition) is 15. The number of benzene rings is 1. The van der Waals surface area contributed by atoms with E-state index in [0.29, 0.717) is 28.9 Å². The van der Waals surface area contributed by atoms with Crippen molar-refractivity contribution in [3.05, 3.63) is 42.5 Å². The summed E-state index contributed by atoms with van der Waals surface area (Å²) < 4.78 is 50.5. The van der Waals surface area contributed by atoms with Crippen LogP contribution in [-0.4, -0.2) is 91.5 Å². The minimum absolute atomic E-state index is 0.0572. The molecule has 46 heavy (non-hydrogen) atoms. The minimum Gasteiger partial charge on any atom is -0.724 e. The number of carbonyl (C=O) groups excluding carboxylic acids is 2. The van der Waals surface area contributed by atoms with Gasteiger partial charge < -0.3 is 36.0 Å². The molecule has 1 aliphatic heterocycles. The van der Waals surface area contributed by atoms with Crippen LogP contribution in [-0.2, 0) is 47.5 Å². The predicted octanol–water partition coefficient (Wildman–Crippen LogP) is -1.49. The average molecular weight is 682 g/mol. The summed E-state index contributed by atoms with van der Waals surface area (Å²) in [4.78, 5) is 46.5. The number of anilines is 1. The van der Waals surface area contributed by atoms with Crippen molar-refractivity contribution in [3.63, 3.8) is 0 Å². The summed E-state index contributed by atoms with van der Waals surface area (Å²) in [5, 5.41) is 15.9. The smallest absolute Gasteiger partial charge is 0.351 e. The highest BCUT2D eigenvalue weighted by atomic mass is 32.3. The maximum Gasteiger partial charge on any atom is 0.351 e. The number of carbonyl (C=O) groups is 3. The molecule has 1 fully saturated rings. The zero-order chi connectivity index (χ0) is 33.8. The summed E-state index contributed by atoms with van der Waals surface area (Å²) in [5.41, 5.74) is 11.0. The molecule has 4 rings (SSSR count). The fraction of sp³-hybridized carbons (Fsp3) is 0.400. The highest BCUT2D eigenvalue weighted by Gasteiger charge is 2.57. The molecule has 0 aliphatic carbocycles. The maximum absolute atomic E-state index is 13.1. The quantitative estimate of drug-likeness (QED) is 0.0356. The third kappa shape index (κ3) is 7.92. The van der Waals surface area contributed by atoms with Crippen LogP contribution in [0.3, 0.4) is 0 Å². The van der Waals surface area contributed by atoms with Crippen molar-refractivity contribution in [2.75, 3.05) is 18.9 Å². The number of amides is 2. The SMILES string of the molecule is C[n+]1cc(-c2ccc(OC[C@H](O/N=C(\C(=O)NC3C(=O)N(OS(=O)(=O)[O-])C3(C)C)c3nsc(N)n3)C(=O)O)cc2)cn1CCCN. The van der Waals surface area contributed by atoms with Gasteiger partial charge in [-0.3, -0.25) is 9.59 Å². The molecule has 1 aliphatic rings. The molecule has 6 N–H and O–H groups in total. The van der Waals surface area contributed by atoms with Gasteiger partial charge in [-0.1, -0.05) is 17.3 Å². The fourth-order valence-corrected chi connectivity index (χ4v) is 5.18. The second-order valence-electron chi connectivity index (χ2n) is 10.4. The molecule has 0 bridgehead atoms. The number of nitrogen functional groups attached to an aromatic ring is 1. The number of aromatic nitrogens is 4. The Morgan fingerprint density at radius 2 is 1.98 bits per heavy atom. The molecule has 2 amide bonds. The molecule has 3 aromatic rings. The molecule has 1 unspecified atom stereocenters. The standard InChI is InChI=1S/C25H31N9O10S2/c1-25(2)19(22(36)34(25)44-46(39,40)41)28-21(35)18(20-29-24(27)45-31-20)30-43-17(23(37)38)13-42-16-7-5-14(6-8-16)15-11-32(3)33(12-15)10-4-9-26/h5-8,11-12,17,19H,4,9-10,13,26H2,1-3H3,(H4-,27,28,29,31,35,37,38,39,40,41)/b30-18-/t17-,19?/m0/s1. The van der Waals surface area contributed by atoms with Crippen LogP contribution in [0.2, 0.25) is 0 Å². The number of nitrogens with zero attached hydrogens (tertiary/aromatic N) is 6. The zero-order valence-corrected chi connectivity index (χ0v) is 26.4. The van der Waals surface area contributed by atoms with Gasteiger partial charge in [0, 0.05) is 11.5 Å². The third-order valence-corrected chi connectivity index (χ3v) is 7.61. The lowest BCUT2D eigenvalue weighted by molar-refractivity contribution is -0.753. The molecule has 248 valence electrons. The van der Waals surface area contributed by atoms with Crippen LogP contribution in [0.1, 0.15) is 26.1 Å². The first-order chi connectivity index (χ1) is 21.6. The molecule has 2 atom stereocenters. The second-order valence-corrected chi connectivity index (χ2v) is 12.2.